The van der Waals surface area contributed by atoms with Crippen molar-refractivity contribution in [2.45, 2.75) is 45.4 Å². The number of hydrogen-bond acceptors (Lipinski definition) is 0. The molecule has 0 amide bonds. The summed E-state index contributed by atoms with van der Waals surface area (Å²) in [5.74, 6) is 6.12. The van der Waals surface area contributed by atoms with Crippen LogP contribution < -0.4 is 0 Å². The molecule has 0 saturated heterocycles. The van der Waals surface area contributed by atoms with E-state index < -0.39 is 0 Å². The predicted molar refractivity (Wildman–Crippen MR) is 54.9 cm³/mol. The molecule has 11 heavy (non-hydrogen) atoms. The number of unbranched alkanes of at least 4 members (excludes halogenated alkanes) is 5. The van der Waals surface area contributed by atoms with Gasteiger partial charge in [-0.15, -0.1) is 5.92 Å². The molecule has 0 bridgehead atoms. The van der Waals surface area contributed by atoms with E-state index in [9.17, 15) is 0 Å². The molecule has 0 heterocycles. The molecule has 0 rings (SSSR count). The zero-order valence-corrected chi connectivity index (χ0v) is 8.91. The summed E-state index contributed by atoms with van der Waals surface area (Å²) in [4.78, 5) is 0. The van der Waals surface area contributed by atoms with E-state index in [1.807, 2.05) is 0 Å². The normalized spacial score (nSPS) is 8.91. The van der Waals surface area contributed by atoms with Gasteiger partial charge in [0.15, 0.2) is 0 Å². The first kappa shape index (κ1) is 11.0. The summed E-state index contributed by atoms with van der Waals surface area (Å²) in [7, 11) is 0. The van der Waals surface area contributed by atoms with Crippen LogP contribution in [0.2, 0.25) is 0 Å². The lowest BCUT2D eigenvalue weighted by Gasteiger charge is -1.94. The van der Waals surface area contributed by atoms with E-state index in [1.54, 1.807) is 0 Å². The third-order valence-corrected chi connectivity index (χ3v) is 1.88. The largest absolute Gasteiger partial charge is 0.102 e. The van der Waals surface area contributed by atoms with Crippen LogP contribution in [0.1, 0.15) is 45.4 Å². The molecular weight excluding hydrogens is 200 g/mol. The summed E-state index contributed by atoms with van der Waals surface area (Å²) >= 11 is 3.27. The van der Waals surface area contributed by atoms with Crippen LogP contribution in [-0.4, -0.2) is 5.33 Å². The van der Waals surface area contributed by atoms with Gasteiger partial charge in [-0.3, -0.25) is 0 Å². The van der Waals surface area contributed by atoms with Gasteiger partial charge in [0.25, 0.3) is 0 Å². The van der Waals surface area contributed by atoms with Gasteiger partial charge in [0, 0.05) is 6.42 Å². The van der Waals surface area contributed by atoms with Crippen molar-refractivity contribution in [3.05, 3.63) is 0 Å². The summed E-state index contributed by atoms with van der Waals surface area (Å²) in [5, 5.41) is 0.821. The van der Waals surface area contributed by atoms with Crippen LogP contribution in [0.15, 0.2) is 0 Å². The molecule has 0 aromatic rings. The molecule has 0 aromatic carbocycles. The lowest BCUT2D eigenvalue weighted by molar-refractivity contribution is 0.641. The molecule has 0 aliphatic heterocycles. The lowest BCUT2D eigenvalue weighted by atomic mass is 10.1. The van der Waals surface area contributed by atoms with Crippen molar-refractivity contribution in [2.75, 3.05) is 5.33 Å². The highest BCUT2D eigenvalue weighted by molar-refractivity contribution is 9.09. The first-order valence-electron chi connectivity index (χ1n) is 4.43. The fraction of sp³-hybridized carbons (Fsp3) is 0.800. The molecule has 64 valence electrons. The SMILES string of the molecule is CCCCCCCC#CCBr. The minimum Gasteiger partial charge on any atom is -0.102 e. The van der Waals surface area contributed by atoms with Crippen molar-refractivity contribution < 1.29 is 0 Å². The molecule has 0 atom stereocenters. The van der Waals surface area contributed by atoms with Crippen LogP contribution in [0, 0.1) is 11.8 Å². The van der Waals surface area contributed by atoms with E-state index in [4.69, 9.17) is 0 Å². The van der Waals surface area contributed by atoms with Gasteiger partial charge in [0.1, 0.15) is 0 Å². The monoisotopic (exact) mass is 216 g/mol. The number of halogens is 1. The number of rotatable bonds is 5. The van der Waals surface area contributed by atoms with Gasteiger partial charge in [-0.2, -0.15) is 0 Å². The summed E-state index contributed by atoms with van der Waals surface area (Å²) in [6.45, 7) is 2.24. The Morgan fingerprint density at radius 1 is 1.00 bits per heavy atom. The van der Waals surface area contributed by atoms with Crippen LogP contribution in [0.4, 0.5) is 0 Å². The van der Waals surface area contributed by atoms with Crippen LogP contribution in [-0.2, 0) is 0 Å². The zero-order chi connectivity index (χ0) is 8.36. The van der Waals surface area contributed by atoms with E-state index in [0.717, 1.165) is 11.8 Å². The van der Waals surface area contributed by atoms with Crippen molar-refractivity contribution in [1.29, 1.82) is 0 Å². The van der Waals surface area contributed by atoms with E-state index >= 15 is 0 Å². The fourth-order valence-electron chi connectivity index (χ4n) is 0.953. The predicted octanol–water partition coefficient (Wildman–Crippen LogP) is 3.75. The molecule has 0 N–H and O–H groups in total. The van der Waals surface area contributed by atoms with Gasteiger partial charge >= 0.3 is 0 Å². The molecule has 0 nitrogen and oxygen atoms in total. The van der Waals surface area contributed by atoms with Crippen LogP contribution >= 0.6 is 15.9 Å². The second kappa shape index (κ2) is 10.0. The lowest BCUT2D eigenvalue weighted by Crippen LogP contribution is -1.76. The molecule has 0 spiro atoms. The first-order valence-corrected chi connectivity index (χ1v) is 5.55. The van der Waals surface area contributed by atoms with Gasteiger partial charge in [-0.05, 0) is 6.42 Å². The van der Waals surface area contributed by atoms with Gasteiger partial charge in [0.05, 0.1) is 5.33 Å². The average Bonchev–Trinajstić information content (AvgIpc) is 2.03. The summed E-state index contributed by atoms with van der Waals surface area (Å²) in [5.41, 5.74) is 0. The average molecular weight is 217 g/mol. The Bertz CT molecular complexity index is 119. The van der Waals surface area contributed by atoms with E-state index in [0.29, 0.717) is 0 Å². The molecule has 1 heteroatoms. The maximum atomic E-state index is 3.27. The maximum absolute atomic E-state index is 3.27. The van der Waals surface area contributed by atoms with E-state index in [2.05, 4.69) is 34.7 Å². The Morgan fingerprint density at radius 3 is 2.36 bits per heavy atom. The standard InChI is InChI=1S/C10H17Br/c1-2-3-4-5-6-7-8-9-10-11/h2-7,10H2,1H3. The van der Waals surface area contributed by atoms with Crippen molar-refractivity contribution in [2.24, 2.45) is 0 Å². The van der Waals surface area contributed by atoms with Gasteiger partial charge < -0.3 is 0 Å². The summed E-state index contributed by atoms with van der Waals surface area (Å²) in [6.07, 6.45) is 7.80. The second-order valence-corrected chi connectivity index (χ2v) is 3.21. The fourth-order valence-corrected chi connectivity index (χ4v) is 1.15. The molecular formula is C10H17Br. The highest BCUT2D eigenvalue weighted by Crippen LogP contribution is 2.03. The zero-order valence-electron chi connectivity index (χ0n) is 7.33. The molecule has 0 fully saturated rings. The van der Waals surface area contributed by atoms with Crippen molar-refractivity contribution in [3.63, 3.8) is 0 Å². The third kappa shape index (κ3) is 10.0. The van der Waals surface area contributed by atoms with E-state index in [-0.39, 0.29) is 0 Å². The minimum absolute atomic E-state index is 0.821. The van der Waals surface area contributed by atoms with Crippen LogP contribution in [0.25, 0.3) is 0 Å². The number of hydrogen-bond donors (Lipinski definition) is 0. The Balaban J connectivity index is 2.90. The molecule has 0 aromatic heterocycles. The van der Waals surface area contributed by atoms with Gasteiger partial charge in [0.2, 0.25) is 0 Å². The summed E-state index contributed by atoms with van der Waals surface area (Å²) in [6, 6.07) is 0. The Hall–Kier alpha value is 0.0400. The number of alkyl halides is 1. The van der Waals surface area contributed by atoms with Crippen molar-refractivity contribution in [3.8, 4) is 11.8 Å². The van der Waals surface area contributed by atoms with Crippen molar-refractivity contribution >= 4 is 15.9 Å². The molecule has 0 saturated carbocycles. The summed E-state index contributed by atoms with van der Waals surface area (Å²) < 4.78 is 0. The first-order chi connectivity index (χ1) is 5.41. The molecule has 0 unspecified atom stereocenters. The minimum atomic E-state index is 0.821. The molecule has 0 radical (unpaired) electrons. The third-order valence-electron chi connectivity index (χ3n) is 1.60. The maximum Gasteiger partial charge on any atom is 0.0645 e. The van der Waals surface area contributed by atoms with Gasteiger partial charge in [-0.25, -0.2) is 0 Å². The van der Waals surface area contributed by atoms with Crippen LogP contribution in [0.5, 0.6) is 0 Å². The smallest absolute Gasteiger partial charge is 0.0645 e. The quantitative estimate of drug-likeness (QED) is 0.374. The Labute approximate surface area is 78.9 Å². The Morgan fingerprint density at radius 2 is 1.73 bits per heavy atom. The topological polar surface area (TPSA) is 0 Å². The molecule has 0 aliphatic rings. The van der Waals surface area contributed by atoms with Crippen LogP contribution in [0.3, 0.4) is 0 Å². The molecule has 0 aliphatic carbocycles. The van der Waals surface area contributed by atoms with Crippen molar-refractivity contribution in [1.82, 2.24) is 0 Å². The Kier molecular flexibility index (Phi) is 10.1. The highest BCUT2D eigenvalue weighted by Gasteiger charge is 1.85. The van der Waals surface area contributed by atoms with Gasteiger partial charge in [-0.1, -0.05) is 54.5 Å². The van der Waals surface area contributed by atoms with E-state index in [1.165, 1.54) is 32.1 Å². The highest BCUT2D eigenvalue weighted by atomic mass is 79.9. The second-order valence-electron chi connectivity index (χ2n) is 2.65.